The lowest BCUT2D eigenvalue weighted by Crippen LogP contribution is -2.07. The van der Waals surface area contributed by atoms with Gasteiger partial charge in [0.1, 0.15) is 0 Å². The van der Waals surface area contributed by atoms with E-state index in [1.807, 2.05) is 0 Å². The second-order valence-electron chi connectivity index (χ2n) is 3.22. The second kappa shape index (κ2) is 7.32. The average Bonchev–Trinajstić information content (AvgIpc) is 2.01. The molecule has 1 unspecified atom stereocenters. The standard InChI is InChI=1S/C10H20O2/c1-3-4-5-10(12)8-9(2)6-7-11/h10-12H,2-8H2,1H3. The molecule has 0 aromatic rings. The molecule has 0 rings (SSSR count). The van der Waals surface area contributed by atoms with E-state index in [-0.39, 0.29) is 12.7 Å². The topological polar surface area (TPSA) is 40.5 Å². The summed E-state index contributed by atoms with van der Waals surface area (Å²) in [4.78, 5) is 0. The third-order valence-corrected chi connectivity index (χ3v) is 1.88. The maximum atomic E-state index is 9.43. The molecule has 2 nitrogen and oxygen atoms in total. The zero-order valence-corrected chi connectivity index (χ0v) is 7.92. The molecule has 72 valence electrons. The molecule has 0 bridgehead atoms. The minimum absolute atomic E-state index is 0.138. The summed E-state index contributed by atoms with van der Waals surface area (Å²) >= 11 is 0. The first-order valence-corrected chi connectivity index (χ1v) is 4.66. The lowest BCUT2D eigenvalue weighted by molar-refractivity contribution is 0.159. The molecule has 0 saturated heterocycles. The molecule has 0 amide bonds. The van der Waals surface area contributed by atoms with E-state index < -0.39 is 0 Å². The van der Waals surface area contributed by atoms with Gasteiger partial charge in [-0.2, -0.15) is 0 Å². The van der Waals surface area contributed by atoms with Crippen LogP contribution >= 0.6 is 0 Å². The lowest BCUT2D eigenvalue weighted by atomic mass is 10.0. The SMILES string of the molecule is C=C(CCO)CC(O)CCCC. The normalized spacial score (nSPS) is 12.9. The van der Waals surface area contributed by atoms with Crippen molar-refractivity contribution in [1.82, 2.24) is 0 Å². The van der Waals surface area contributed by atoms with Crippen LogP contribution in [0.3, 0.4) is 0 Å². The molecule has 12 heavy (non-hydrogen) atoms. The summed E-state index contributed by atoms with van der Waals surface area (Å²) in [5.41, 5.74) is 0.945. The molecule has 0 aliphatic heterocycles. The Balaban J connectivity index is 3.40. The second-order valence-corrected chi connectivity index (χ2v) is 3.22. The summed E-state index contributed by atoms with van der Waals surface area (Å²) in [6.07, 6.45) is 4.02. The van der Waals surface area contributed by atoms with Gasteiger partial charge in [-0.3, -0.25) is 0 Å². The highest BCUT2D eigenvalue weighted by Gasteiger charge is 2.04. The van der Waals surface area contributed by atoms with E-state index in [9.17, 15) is 5.11 Å². The molecule has 0 aromatic heterocycles. The quantitative estimate of drug-likeness (QED) is 0.575. The fraction of sp³-hybridized carbons (Fsp3) is 0.800. The Morgan fingerprint density at radius 3 is 2.67 bits per heavy atom. The van der Waals surface area contributed by atoms with Gasteiger partial charge in [-0.25, -0.2) is 0 Å². The van der Waals surface area contributed by atoms with Crippen LogP contribution in [0, 0.1) is 0 Å². The molecule has 0 fully saturated rings. The molecule has 2 heteroatoms. The summed E-state index contributed by atoms with van der Waals surface area (Å²) in [5.74, 6) is 0. The molecular weight excluding hydrogens is 152 g/mol. The van der Waals surface area contributed by atoms with Crippen LogP contribution in [0.15, 0.2) is 12.2 Å². The van der Waals surface area contributed by atoms with Gasteiger partial charge < -0.3 is 10.2 Å². The van der Waals surface area contributed by atoms with Crippen LogP contribution in [0.2, 0.25) is 0 Å². The van der Waals surface area contributed by atoms with E-state index in [2.05, 4.69) is 13.5 Å². The predicted molar refractivity (Wildman–Crippen MR) is 51.0 cm³/mol. The molecule has 0 aromatic carbocycles. The van der Waals surface area contributed by atoms with Crippen molar-refractivity contribution in [2.75, 3.05) is 6.61 Å². The highest BCUT2D eigenvalue weighted by Crippen LogP contribution is 2.11. The van der Waals surface area contributed by atoms with Crippen molar-refractivity contribution in [3.8, 4) is 0 Å². The van der Waals surface area contributed by atoms with Crippen LogP contribution in [0.4, 0.5) is 0 Å². The van der Waals surface area contributed by atoms with Crippen LogP contribution in [-0.2, 0) is 0 Å². The van der Waals surface area contributed by atoms with Gasteiger partial charge >= 0.3 is 0 Å². The molecule has 0 aliphatic carbocycles. The molecule has 2 N–H and O–H groups in total. The first kappa shape index (κ1) is 11.7. The molecule has 1 atom stereocenters. The number of aliphatic hydroxyl groups excluding tert-OH is 2. The summed E-state index contributed by atoms with van der Waals surface area (Å²) in [6.45, 7) is 6.02. The zero-order valence-electron chi connectivity index (χ0n) is 7.92. The Kier molecular flexibility index (Phi) is 7.11. The number of unbranched alkanes of at least 4 members (excludes halogenated alkanes) is 1. The Bertz CT molecular complexity index is 121. The Morgan fingerprint density at radius 1 is 1.50 bits per heavy atom. The van der Waals surface area contributed by atoms with Crippen LogP contribution in [0.5, 0.6) is 0 Å². The number of hydrogen-bond donors (Lipinski definition) is 2. The van der Waals surface area contributed by atoms with Gasteiger partial charge in [-0.1, -0.05) is 31.9 Å². The first-order chi connectivity index (χ1) is 5.70. The summed E-state index contributed by atoms with van der Waals surface area (Å²) in [6, 6.07) is 0. The van der Waals surface area contributed by atoms with Gasteiger partial charge in [0.2, 0.25) is 0 Å². The van der Waals surface area contributed by atoms with E-state index in [4.69, 9.17) is 5.11 Å². The fourth-order valence-electron chi connectivity index (χ4n) is 1.14. The third-order valence-electron chi connectivity index (χ3n) is 1.88. The molecule has 0 saturated carbocycles. The van der Waals surface area contributed by atoms with Crippen LogP contribution in [-0.4, -0.2) is 22.9 Å². The van der Waals surface area contributed by atoms with E-state index in [0.717, 1.165) is 24.8 Å². The van der Waals surface area contributed by atoms with E-state index in [1.165, 1.54) is 0 Å². The largest absolute Gasteiger partial charge is 0.396 e. The van der Waals surface area contributed by atoms with Gasteiger partial charge in [-0.05, 0) is 19.3 Å². The highest BCUT2D eigenvalue weighted by molar-refractivity contribution is 4.95. The number of hydrogen-bond acceptors (Lipinski definition) is 2. The number of rotatable bonds is 7. The van der Waals surface area contributed by atoms with Crippen molar-refractivity contribution in [3.63, 3.8) is 0 Å². The zero-order chi connectivity index (χ0) is 9.40. The van der Waals surface area contributed by atoms with Crippen molar-refractivity contribution in [2.45, 2.75) is 45.1 Å². The molecule has 0 aliphatic rings. The van der Waals surface area contributed by atoms with E-state index in [1.54, 1.807) is 0 Å². The van der Waals surface area contributed by atoms with Gasteiger partial charge in [0.25, 0.3) is 0 Å². The minimum Gasteiger partial charge on any atom is -0.396 e. The van der Waals surface area contributed by atoms with Crippen molar-refractivity contribution in [2.24, 2.45) is 0 Å². The van der Waals surface area contributed by atoms with Crippen molar-refractivity contribution >= 4 is 0 Å². The number of aliphatic hydroxyl groups is 2. The lowest BCUT2D eigenvalue weighted by Gasteiger charge is -2.10. The summed E-state index contributed by atoms with van der Waals surface area (Å²) in [5, 5.41) is 18.0. The Labute approximate surface area is 74.9 Å². The maximum Gasteiger partial charge on any atom is 0.0577 e. The monoisotopic (exact) mass is 172 g/mol. The summed E-state index contributed by atoms with van der Waals surface area (Å²) < 4.78 is 0. The molecular formula is C10H20O2. The maximum absolute atomic E-state index is 9.43. The van der Waals surface area contributed by atoms with Crippen molar-refractivity contribution in [3.05, 3.63) is 12.2 Å². The molecule has 0 radical (unpaired) electrons. The average molecular weight is 172 g/mol. The van der Waals surface area contributed by atoms with Gasteiger partial charge in [0, 0.05) is 6.61 Å². The first-order valence-electron chi connectivity index (χ1n) is 4.66. The van der Waals surface area contributed by atoms with Gasteiger partial charge in [-0.15, -0.1) is 0 Å². The molecule has 0 heterocycles. The van der Waals surface area contributed by atoms with Crippen LogP contribution in [0.25, 0.3) is 0 Å². The third kappa shape index (κ3) is 6.38. The van der Waals surface area contributed by atoms with Gasteiger partial charge in [0.15, 0.2) is 0 Å². The van der Waals surface area contributed by atoms with Crippen LogP contribution in [0.1, 0.15) is 39.0 Å². The van der Waals surface area contributed by atoms with E-state index >= 15 is 0 Å². The van der Waals surface area contributed by atoms with Crippen LogP contribution < -0.4 is 0 Å². The smallest absolute Gasteiger partial charge is 0.0577 e. The fourth-order valence-corrected chi connectivity index (χ4v) is 1.14. The Morgan fingerprint density at radius 2 is 2.17 bits per heavy atom. The molecule has 0 spiro atoms. The summed E-state index contributed by atoms with van der Waals surface area (Å²) in [7, 11) is 0. The predicted octanol–water partition coefficient (Wildman–Crippen LogP) is 1.87. The highest BCUT2D eigenvalue weighted by atomic mass is 16.3. The van der Waals surface area contributed by atoms with Gasteiger partial charge in [0.05, 0.1) is 6.10 Å². The minimum atomic E-state index is -0.260. The van der Waals surface area contributed by atoms with Crippen molar-refractivity contribution in [1.29, 1.82) is 0 Å². The van der Waals surface area contributed by atoms with Crippen molar-refractivity contribution < 1.29 is 10.2 Å². The Hall–Kier alpha value is -0.340. The van der Waals surface area contributed by atoms with E-state index in [0.29, 0.717) is 12.8 Å².